The predicted molar refractivity (Wildman–Crippen MR) is 63.7 cm³/mol. The summed E-state index contributed by atoms with van der Waals surface area (Å²) in [6.07, 6.45) is 1.20. The lowest BCUT2D eigenvalue weighted by Gasteiger charge is -2.19. The molecule has 0 spiro atoms. The third-order valence-corrected chi connectivity index (χ3v) is 1.81. The second-order valence-corrected chi connectivity index (χ2v) is 4.60. The SMILES string of the molecule is Cn1nncc1NCCNC(=O)OC(C)(C)C. The van der Waals surface area contributed by atoms with E-state index in [-0.39, 0.29) is 0 Å². The van der Waals surface area contributed by atoms with E-state index in [1.807, 2.05) is 20.8 Å². The number of rotatable bonds is 4. The van der Waals surface area contributed by atoms with Crippen molar-refractivity contribution in [1.82, 2.24) is 20.3 Å². The molecular weight excluding hydrogens is 222 g/mol. The summed E-state index contributed by atoms with van der Waals surface area (Å²) < 4.78 is 6.71. The molecule has 1 aromatic heterocycles. The molecule has 17 heavy (non-hydrogen) atoms. The molecule has 7 heteroatoms. The molecule has 1 heterocycles. The summed E-state index contributed by atoms with van der Waals surface area (Å²) in [4.78, 5) is 11.3. The average molecular weight is 241 g/mol. The van der Waals surface area contributed by atoms with E-state index >= 15 is 0 Å². The molecule has 1 amide bonds. The lowest BCUT2D eigenvalue weighted by atomic mass is 10.2. The number of nitrogens with one attached hydrogen (secondary N) is 2. The zero-order chi connectivity index (χ0) is 12.9. The lowest BCUT2D eigenvalue weighted by molar-refractivity contribution is 0.0530. The number of amides is 1. The molecule has 0 aliphatic carbocycles. The predicted octanol–water partition coefficient (Wildman–Crippen LogP) is 0.752. The average Bonchev–Trinajstić information content (AvgIpc) is 2.56. The summed E-state index contributed by atoms with van der Waals surface area (Å²) in [7, 11) is 1.79. The highest BCUT2D eigenvalue weighted by molar-refractivity contribution is 5.67. The number of anilines is 1. The number of alkyl carbamates (subject to hydrolysis) is 1. The first-order valence-electron chi connectivity index (χ1n) is 5.44. The van der Waals surface area contributed by atoms with Crippen molar-refractivity contribution in [3.05, 3.63) is 6.20 Å². The summed E-state index contributed by atoms with van der Waals surface area (Å²) >= 11 is 0. The molecule has 0 saturated carbocycles. The van der Waals surface area contributed by atoms with Crippen molar-refractivity contribution in [2.24, 2.45) is 7.05 Å². The maximum atomic E-state index is 11.3. The van der Waals surface area contributed by atoms with Gasteiger partial charge in [-0.15, -0.1) is 5.10 Å². The van der Waals surface area contributed by atoms with Crippen molar-refractivity contribution in [2.45, 2.75) is 26.4 Å². The van der Waals surface area contributed by atoms with Gasteiger partial charge in [0, 0.05) is 20.1 Å². The van der Waals surface area contributed by atoms with Crippen molar-refractivity contribution >= 4 is 11.9 Å². The van der Waals surface area contributed by atoms with Gasteiger partial charge in [-0.25, -0.2) is 9.48 Å². The summed E-state index contributed by atoms with van der Waals surface area (Å²) in [6, 6.07) is 0. The third kappa shape index (κ3) is 5.19. The molecule has 0 saturated heterocycles. The van der Waals surface area contributed by atoms with Gasteiger partial charge in [-0.3, -0.25) is 0 Å². The van der Waals surface area contributed by atoms with Crippen LogP contribution >= 0.6 is 0 Å². The van der Waals surface area contributed by atoms with Gasteiger partial charge in [0.15, 0.2) is 0 Å². The van der Waals surface area contributed by atoms with Gasteiger partial charge in [0.1, 0.15) is 11.4 Å². The Morgan fingerprint density at radius 3 is 2.71 bits per heavy atom. The van der Waals surface area contributed by atoms with Crippen molar-refractivity contribution in [3.63, 3.8) is 0 Å². The van der Waals surface area contributed by atoms with E-state index in [4.69, 9.17) is 4.74 Å². The Morgan fingerprint density at radius 1 is 1.47 bits per heavy atom. The summed E-state index contributed by atoms with van der Waals surface area (Å²) in [5.74, 6) is 0.802. The van der Waals surface area contributed by atoms with Crippen molar-refractivity contribution in [2.75, 3.05) is 18.4 Å². The number of hydrogen-bond acceptors (Lipinski definition) is 5. The zero-order valence-corrected chi connectivity index (χ0v) is 10.6. The zero-order valence-electron chi connectivity index (χ0n) is 10.6. The van der Waals surface area contributed by atoms with E-state index in [9.17, 15) is 4.79 Å². The molecule has 0 aromatic carbocycles. The molecule has 7 nitrogen and oxygen atoms in total. The molecule has 96 valence electrons. The van der Waals surface area contributed by atoms with Crippen LogP contribution < -0.4 is 10.6 Å². The van der Waals surface area contributed by atoms with Crippen LogP contribution in [-0.2, 0) is 11.8 Å². The van der Waals surface area contributed by atoms with Crippen LogP contribution in [0.5, 0.6) is 0 Å². The van der Waals surface area contributed by atoms with Gasteiger partial charge in [-0.1, -0.05) is 5.21 Å². The van der Waals surface area contributed by atoms with Crippen molar-refractivity contribution < 1.29 is 9.53 Å². The molecule has 1 rings (SSSR count). The van der Waals surface area contributed by atoms with E-state index in [0.717, 1.165) is 5.82 Å². The topological polar surface area (TPSA) is 81.1 Å². The standard InChI is InChI=1S/C10H19N5O2/c1-10(2,3)17-9(16)12-6-5-11-8-7-13-14-15(8)4/h7,11H,5-6H2,1-4H3,(H,12,16). The highest BCUT2D eigenvalue weighted by atomic mass is 16.6. The number of ether oxygens (including phenoxy) is 1. The number of carbonyl (C=O) groups is 1. The van der Waals surface area contributed by atoms with Crippen LogP contribution in [0.1, 0.15) is 20.8 Å². The van der Waals surface area contributed by atoms with Gasteiger partial charge < -0.3 is 15.4 Å². The molecule has 0 atom stereocenters. The molecular formula is C10H19N5O2. The fourth-order valence-corrected chi connectivity index (χ4v) is 1.12. The molecule has 0 aliphatic heterocycles. The van der Waals surface area contributed by atoms with Gasteiger partial charge in [0.05, 0.1) is 6.20 Å². The first-order valence-corrected chi connectivity index (χ1v) is 5.44. The van der Waals surface area contributed by atoms with Crippen LogP contribution in [0, 0.1) is 0 Å². The summed E-state index contributed by atoms with van der Waals surface area (Å²) in [5, 5.41) is 13.2. The van der Waals surface area contributed by atoms with Crippen LogP contribution in [0.4, 0.5) is 10.6 Å². The van der Waals surface area contributed by atoms with Crippen LogP contribution in [0.2, 0.25) is 0 Å². The van der Waals surface area contributed by atoms with Crippen LogP contribution in [0.25, 0.3) is 0 Å². The monoisotopic (exact) mass is 241 g/mol. The molecule has 0 bridgehead atoms. The van der Waals surface area contributed by atoms with Gasteiger partial charge >= 0.3 is 6.09 Å². The second-order valence-electron chi connectivity index (χ2n) is 4.60. The molecule has 1 aromatic rings. The second kappa shape index (κ2) is 5.51. The van der Waals surface area contributed by atoms with E-state index in [2.05, 4.69) is 20.9 Å². The fraction of sp³-hybridized carbons (Fsp3) is 0.700. The third-order valence-electron chi connectivity index (χ3n) is 1.81. The largest absolute Gasteiger partial charge is 0.444 e. The summed E-state index contributed by atoms with van der Waals surface area (Å²) in [5.41, 5.74) is -0.469. The number of carbonyl (C=O) groups excluding carboxylic acids is 1. The lowest BCUT2D eigenvalue weighted by Crippen LogP contribution is -2.35. The fourth-order valence-electron chi connectivity index (χ4n) is 1.12. The maximum absolute atomic E-state index is 11.3. The Balaban J connectivity index is 2.17. The number of aromatic nitrogens is 3. The van der Waals surface area contributed by atoms with E-state index < -0.39 is 11.7 Å². The smallest absolute Gasteiger partial charge is 0.407 e. The van der Waals surface area contributed by atoms with Gasteiger partial charge in [0.25, 0.3) is 0 Å². The van der Waals surface area contributed by atoms with Crippen molar-refractivity contribution in [1.29, 1.82) is 0 Å². The number of aryl methyl sites for hydroxylation is 1. The quantitative estimate of drug-likeness (QED) is 0.760. The van der Waals surface area contributed by atoms with Crippen molar-refractivity contribution in [3.8, 4) is 0 Å². The minimum absolute atomic E-state index is 0.414. The number of nitrogens with zero attached hydrogens (tertiary/aromatic N) is 3. The van der Waals surface area contributed by atoms with Gasteiger partial charge in [-0.2, -0.15) is 0 Å². The minimum Gasteiger partial charge on any atom is -0.444 e. The normalized spacial score (nSPS) is 11.1. The Labute approximate surface area is 101 Å². The van der Waals surface area contributed by atoms with Crippen LogP contribution in [0.3, 0.4) is 0 Å². The Bertz CT molecular complexity index is 369. The molecule has 0 aliphatic rings. The Morgan fingerprint density at radius 2 is 2.18 bits per heavy atom. The first-order chi connectivity index (χ1) is 7.88. The molecule has 0 fully saturated rings. The maximum Gasteiger partial charge on any atom is 0.407 e. The van der Waals surface area contributed by atoms with E-state index in [0.29, 0.717) is 13.1 Å². The molecule has 0 unspecified atom stereocenters. The minimum atomic E-state index is -0.469. The van der Waals surface area contributed by atoms with E-state index in [1.54, 1.807) is 17.9 Å². The van der Waals surface area contributed by atoms with Crippen LogP contribution in [0.15, 0.2) is 6.20 Å². The first kappa shape index (κ1) is 13.3. The Kier molecular flexibility index (Phi) is 4.30. The Hall–Kier alpha value is -1.79. The number of hydrogen-bond donors (Lipinski definition) is 2. The van der Waals surface area contributed by atoms with Crippen LogP contribution in [-0.4, -0.2) is 39.8 Å². The molecule has 0 radical (unpaired) electrons. The van der Waals surface area contributed by atoms with E-state index in [1.165, 1.54) is 0 Å². The highest BCUT2D eigenvalue weighted by Crippen LogP contribution is 2.06. The summed E-state index contributed by atoms with van der Waals surface area (Å²) in [6.45, 7) is 6.53. The highest BCUT2D eigenvalue weighted by Gasteiger charge is 2.15. The molecule has 2 N–H and O–H groups in total. The van der Waals surface area contributed by atoms with Gasteiger partial charge in [0.2, 0.25) is 0 Å². The van der Waals surface area contributed by atoms with Gasteiger partial charge in [-0.05, 0) is 20.8 Å².